The molecule has 9 heteroatoms. The second-order valence-electron chi connectivity index (χ2n) is 5.44. The molecular formula is C18H13BrIN3O4. The molecule has 0 saturated carbocycles. The Hall–Kier alpha value is -2.40. The van der Waals surface area contributed by atoms with Gasteiger partial charge in [0.2, 0.25) is 0 Å². The van der Waals surface area contributed by atoms with E-state index in [1.54, 1.807) is 30.3 Å². The Morgan fingerprint density at radius 3 is 2.70 bits per heavy atom. The number of halogens is 2. The number of ether oxygens (including phenoxy) is 1. The van der Waals surface area contributed by atoms with Gasteiger partial charge in [0, 0.05) is 9.86 Å². The summed E-state index contributed by atoms with van der Waals surface area (Å²) >= 11 is 5.56. The van der Waals surface area contributed by atoms with Gasteiger partial charge >= 0.3 is 5.91 Å². The molecule has 0 atom stereocenters. The van der Waals surface area contributed by atoms with Crippen LogP contribution >= 0.6 is 38.5 Å². The van der Waals surface area contributed by atoms with Crippen molar-refractivity contribution in [1.82, 2.24) is 5.43 Å². The van der Waals surface area contributed by atoms with Crippen LogP contribution in [0.15, 0.2) is 56.5 Å². The molecule has 138 valence electrons. The van der Waals surface area contributed by atoms with Gasteiger partial charge in [0.25, 0.3) is 5.91 Å². The smallest absolute Gasteiger partial charge is 0.307 e. The Morgan fingerprint density at radius 1 is 1.26 bits per heavy atom. The highest BCUT2D eigenvalue weighted by Gasteiger charge is 2.14. The van der Waals surface area contributed by atoms with Gasteiger partial charge < -0.3 is 14.9 Å². The molecule has 0 aliphatic carbocycles. The van der Waals surface area contributed by atoms with Crippen molar-refractivity contribution < 1.29 is 18.7 Å². The fourth-order valence-corrected chi connectivity index (χ4v) is 3.87. The summed E-state index contributed by atoms with van der Waals surface area (Å²) in [6.07, 6.45) is 1.48. The molecule has 3 aromatic rings. The van der Waals surface area contributed by atoms with E-state index in [9.17, 15) is 9.59 Å². The molecule has 0 aliphatic rings. The number of amides is 2. The summed E-state index contributed by atoms with van der Waals surface area (Å²) in [5.41, 5.74) is 8.84. The van der Waals surface area contributed by atoms with Crippen molar-refractivity contribution in [1.29, 1.82) is 0 Å². The molecule has 3 N–H and O–H groups in total. The van der Waals surface area contributed by atoms with Crippen molar-refractivity contribution in [3.05, 3.63) is 61.8 Å². The predicted octanol–water partition coefficient (Wildman–Crippen LogP) is 3.43. The lowest BCUT2D eigenvalue weighted by Crippen LogP contribution is -2.20. The maximum Gasteiger partial charge on any atom is 0.307 e. The average molecular weight is 542 g/mol. The van der Waals surface area contributed by atoms with Crippen molar-refractivity contribution in [2.45, 2.75) is 0 Å². The lowest BCUT2D eigenvalue weighted by molar-refractivity contribution is -0.119. The maximum atomic E-state index is 12.2. The maximum absolute atomic E-state index is 12.2. The van der Waals surface area contributed by atoms with Gasteiger partial charge in [0.05, 0.1) is 9.78 Å². The van der Waals surface area contributed by atoms with E-state index in [2.05, 4.69) is 49.0 Å². The molecule has 0 unspecified atom stereocenters. The third-order valence-electron chi connectivity index (χ3n) is 3.40. The van der Waals surface area contributed by atoms with E-state index in [-0.39, 0.29) is 12.4 Å². The van der Waals surface area contributed by atoms with E-state index < -0.39 is 11.8 Å². The zero-order valence-corrected chi connectivity index (χ0v) is 17.5. The molecule has 2 amide bonds. The standard InChI is InChI=1S/C18H13BrIN3O4/c19-12-5-11-6-15(27-17(11)14(20)7-12)18(25)23-22-8-10-1-3-13(4-2-10)26-9-16(21)24/h1-8H,9H2,(H2,21,24)(H,23,25)/b22-8-. The summed E-state index contributed by atoms with van der Waals surface area (Å²) in [7, 11) is 0. The van der Waals surface area contributed by atoms with Gasteiger partial charge in [-0.1, -0.05) is 15.9 Å². The minimum Gasteiger partial charge on any atom is -0.484 e. The summed E-state index contributed by atoms with van der Waals surface area (Å²) in [5.74, 6) is -0.307. The zero-order chi connectivity index (χ0) is 19.4. The molecule has 0 saturated heterocycles. The summed E-state index contributed by atoms with van der Waals surface area (Å²) < 4.78 is 12.6. The second-order valence-corrected chi connectivity index (χ2v) is 7.52. The van der Waals surface area contributed by atoms with Crippen LogP contribution in [0.5, 0.6) is 5.75 Å². The largest absolute Gasteiger partial charge is 0.484 e. The highest BCUT2D eigenvalue weighted by Crippen LogP contribution is 2.28. The van der Waals surface area contributed by atoms with E-state index in [1.807, 2.05) is 12.1 Å². The lowest BCUT2D eigenvalue weighted by Gasteiger charge is -2.03. The monoisotopic (exact) mass is 541 g/mol. The van der Waals surface area contributed by atoms with E-state index >= 15 is 0 Å². The van der Waals surface area contributed by atoms with E-state index in [0.717, 1.165) is 19.0 Å². The molecule has 0 fully saturated rings. The quantitative estimate of drug-likeness (QED) is 0.283. The number of benzene rings is 2. The molecular weight excluding hydrogens is 529 g/mol. The number of carbonyl (C=O) groups is 2. The zero-order valence-electron chi connectivity index (χ0n) is 13.7. The number of rotatable bonds is 6. The van der Waals surface area contributed by atoms with Gasteiger partial charge in [-0.05, 0) is 70.6 Å². The Kier molecular flexibility index (Phi) is 6.11. The number of hydrogen-bond acceptors (Lipinski definition) is 5. The van der Waals surface area contributed by atoms with Crippen molar-refractivity contribution in [3.8, 4) is 5.75 Å². The predicted molar refractivity (Wildman–Crippen MR) is 113 cm³/mol. The van der Waals surface area contributed by atoms with Gasteiger partial charge in [-0.25, -0.2) is 5.43 Å². The number of hydrazone groups is 1. The summed E-state index contributed by atoms with van der Waals surface area (Å²) in [5, 5.41) is 4.75. The first-order valence-corrected chi connectivity index (χ1v) is 9.53. The third kappa shape index (κ3) is 5.07. The van der Waals surface area contributed by atoms with Gasteiger partial charge in [0.1, 0.15) is 11.3 Å². The SMILES string of the molecule is NC(=O)COc1ccc(/C=N\NC(=O)c2cc3cc(Br)cc(I)c3o2)cc1. The molecule has 0 aliphatic heterocycles. The normalized spacial score (nSPS) is 11.0. The first-order valence-electron chi connectivity index (χ1n) is 7.65. The van der Waals surface area contributed by atoms with Crippen molar-refractivity contribution in [2.24, 2.45) is 10.8 Å². The summed E-state index contributed by atoms with van der Waals surface area (Å²) in [4.78, 5) is 22.9. The van der Waals surface area contributed by atoms with Gasteiger partial charge in [-0.3, -0.25) is 9.59 Å². The molecule has 1 heterocycles. The highest BCUT2D eigenvalue weighted by molar-refractivity contribution is 14.1. The number of primary amides is 1. The number of carbonyl (C=O) groups excluding carboxylic acids is 2. The van der Waals surface area contributed by atoms with Crippen molar-refractivity contribution in [3.63, 3.8) is 0 Å². The third-order valence-corrected chi connectivity index (χ3v) is 4.66. The van der Waals surface area contributed by atoms with E-state index in [1.165, 1.54) is 6.21 Å². The Morgan fingerprint density at radius 2 is 2.00 bits per heavy atom. The molecule has 0 bridgehead atoms. The van der Waals surface area contributed by atoms with Crippen molar-refractivity contribution in [2.75, 3.05) is 6.61 Å². The summed E-state index contributed by atoms with van der Waals surface area (Å²) in [6.45, 7) is -0.184. The Labute approximate surface area is 176 Å². The van der Waals surface area contributed by atoms with E-state index in [4.69, 9.17) is 14.9 Å². The van der Waals surface area contributed by atoms with Crippen LogP contribution in [-0.2, 0) is 4.79 Å². The second kappa shape index (κ2) is 8.53. The summed E-state index contributed by atoms with van der Waals surface area (Å²) in [6, 6.07) is 12.3. The van der Waals surface area contributed by atoms with Gasteiger partial charge in [0.15, 0.2) is 12.4 Å². The first kappa shape index (κ1) is 19.4. The molecule has 1 aromatic heterocycles. The molecule has 2 aromatic carbocycles. The van der Waals surface area contributed by atoms with Crippen LogP contribution in [0.2, 0.25) is 0 Å². The number of hydrogen-bond donors (Lipinski definition) is 2. The van der Waals surface area contributed by atoms with Crippen LogP contribution in [0.1, 0.15) is 16.1 Å². The van der Waals surface area contributed by atoms with Gasteiger partial charge in [-0.2, -0.15) is 5.10 Å². The topological polar surface area (TPSA) is 107 Å². The number of furan rings is 1. The number of nitrogens with two attached hydrogens (primary N) is 1. The molecule has 7 nitrogen and oxygen atoms in total. The highest BCUT2D eigenvalue weighted by atomic mass is 127. The van der Waals surface area contributed by atoms with E-state index in [0.29, 0.717) is 11.3 Å². The minimum absolute atomic E-state index is 0.174. The van der Waals surface area contributed by atoms with Crippen molar-refractivity contribution >= 4 is 67.5 Å². The minimum atomic E-state index is -0.545. The van der Waals surface area contributed by atoms with Crippen LogP contribution < -0.4 is 15.9 Å². The number of nitrogens with one attached hydrogen (secondary N) is 1. The fourth-order valence-electron chi connectivity index (χ4n) is 2.21. The van der Waals surface area contributed by atoms with Crippen LogP contribution in [0.3, 0.4) is 0 Å². The first-order chi connectivity index (χ1) is 12.9. The van der Waals surface area contributed by atoms with Crippen LogP contribution in [-0.4, -0.2) is 24.6 Å². The molecule has 3 rings (SSSR count). The van der Waals surface area contributed by atoms with Crippen LogP contribution in [0.4, 0.5) is 0 Å². The number of nitrogens with zero attached hydrogens (tertiary/aromatic N) is 1. The molecule has 0 spiro atoms. The Bertz CT molecular complexity index is 1030. The fraction of sp³-hybridized carbons (Fsp3) is 0.0556. The molecule has 0 radical (unpaired) electrons. The lowest BCUT2D eigenvalue weighted by atomic mass is 10.2. The van der Waals surface area contributed by atoms with Gasteiger partial charge in [-0.15, -0.1) is 0 Å². The number of fused-ring (bicyclic) bond motifs is 1. The average Bonchev–Trinajstić information content (AvgIpc) is 3.05. The van der Waals surface area contributed by atoms with Crippen LogP contribution in [0.25, 0.3) is 11.0 Å². The Balaban J connectivity index is 1.63. The van der Waals surface area contributed by atoms with Crippen LogP contribution in [0, 0.1) is 3.57 Å². The molecule has 27 heavy (non-hydrogen) atoms.